The number of rotatable bonds is 14. The summed E-state index contributed by atoms with van der Waals surface area (Å²) in [6.07, 6.45) is 10.7. The Morgan fingerprint density at radius 1 is 0.886 bits per heavy atom. The van der Waals surface area contributed by atoms with Crippen molar-refractivity contribution in [3.63, 3.8) is 0 Å². The van der Waals surface area contributed by atoms with Crippen LogP contribution in [0.5, 0.6) is 0 Å². The maximum Gasteiger partial charge on any atom is 0.306 e. The van der Waals surface area contributed by atoms with E-state index in [2.05, 4.69) is 47.4 Å². The van der Waals surface area contributed by atoms with Crippen LogP contribution < -0.4 is 0 Å². The van der Waals surface area contributed by atoms with E-state index in [9.17, 15) is 14.4 Å². The average molecular weight is 605 g/mol. The molecule has 238 valence electrons. The van der Waals surface area contributed by atoms with Gasteiger partial charge in [-0.2, -0.15) is 0 Å². The lowest BCUT2D eigenvalue weighted by atomic mass is 9.92. The van der Waals surface area contributed by atoms with Gasteiger partial charge in [-0.15, -0.1) is 0 Å². The predicted octanol–water partition coefficient (Wildman–Crippen LogP) is 5.79. The largest absolute Gasteiger partial charge is 0.461 e. The van der Waals surface area contributed by atoms with Gasteiger partial charge in [-0.05, 0) is 61.9 Å². The van der Waals surface area contributed by atoms with Gasteiger partial charge in [0.25, 0.3) is 5.91 Å². The van der Waals surface area contributed by atoms with E-state index in [0.717, 1.165) is 44.3 Å². The van der Waals surface area contributed by atoms with Crippen molar-refractivity contribution in [1.82, 2.24) is 9.80 Å². The van der Waals surface area contributed by atoms with Crippen molar-refractivity contribution in [3.05, 3.63) is 72.3 Å². The molecule has 0 radical (unpaired) electrons. The van der Waals surface area contributed by atoms with E-state index in [4.69, 9.17) is 14.2 Å². The van der Waals surface area contributed by atoms with Crippen molar-refractivity contribution in [1.29, 1.82) is 0 Å². The van der Waals surface area contributed by atoms with Gasteiger partial charge >= 0.3 is 11.9 Å². The zero-order valence-electron chi connectivity index (χ0n) is 26.5. The predicted molar refractivity (Wildman–Crippen MR) is 171 cm³/mol. The number of likely N-dealkylation sites (tertiary alicyclic amines) is 1. The first-order valence-electron chi connectivity index (χ1n) is 16.0. The van der Waals surface area contributed by atoms with E-state index in [-0.39, 0.29) is 55.0 Å². The summed E-state index contributed by atoms with van der Waals surface area (Å²) in [4.78, 5) is 39.7. The molecule has 1 aliphatic carbocycles. The number of esters is 2. The highest BCUT2D eigenvalue weighted by molar-refractivity contribution is 5.80. The molecule has 1 saturated heterocycles. The quantitative estimate of drug-likeness (QED) is 0.199. The van der Waals surface area contributed by atoms with E-state index in [1.54, 1.807) is 14.1 Å². The normalized spacial score (nSPS) is 22.2. The lowest BCUT2D eigenvalue weighted by Crippen LogP contribution is -2.48. The summed E-state index contributed by atoms with van der Waals surface area (Å²) in [7, 11) is 3.26. The van der Waals surface area contributed by atoms with Crippen LogP contribution in [0.2, 0.25) is 0 Å². The molecule has 1 aliphatic heterocycles. The van der Waals surface area contributed by atoms with Gasteiger partial charge in [0, 0.05) is 39.8 Å². The van der Waals surface area contributed by atoms with Crippen LogP contribution in [0.3, 0.4) is 0 Å². The first-order chi connectivity index (χ1) is 21.3. The van der Waals surface area contributed by atoms with Crippen molar-refractivity contribution in [2.24, 2.45) is 5.92 Å². The molecule has 0 N–H and O–H groups in total. The summed E-state index contributed by atoms with van der Waals surface area (Å²) in [5.74, 6) is -0.637. The number of hydrogen-bond donors (Lipinski definition) is 0. The Kier molecular flexibility index (Phi) is 13.0. The third-order valence-corrected chi connectivity index (χ3v) is 8.62. The summed E-state index contributed by atoms with van der Waals surface area (Å²) in [6, 6.07) is 19.0. The van der Waals surface area contributed by atoms with Gasteiger partial charge < -0.3 is 19.1 Å². The molecular formula is C36H48N2O6. The fourth-order valence-electron chi connectivity index (χ4n) is 6.34. The number of piperidine rings is 1. The Bertz CT molecular complexity index is 1220. The summed E-state index contributed by atoms with van der Waals surface area (Å²) >= 11 is 0. The standard InChI is InChI=1S/C36H48N2O6/c1-27(39)44-33-24-32(42-25-28-18-20-30(21-19-28)29-14-8-6-9-15-29)31(36(33)38-22-12-7-13-23-38)16-10-4-5-11-17-35(41)43-26-34(40)37(2)3/h4-6,8-9,14-15,18-21,31-33,36H,7,10-13,16-17,22-26H2,1-3H3/b5-4-/t31-,32-,33+,36+/m0/s1. The summed E-state index contributed by atoms with van der Waals surface area (Å²) < 4.78 is 17.6. The molecule has 4 atom stereocenters. The molecule has 8 nitrogen and oxygen atoms in total. The first-order valence-corrected chi connectivity index (χ1v) is 16.0. The Morgan fingerprint density at radius 2 is 1.57 bits per heavy atom. The molecule has 2 aromatic carbocycles. The van der Waals surface area contributed by atoms with E-state index in [1.807, 2.05) is 24.3 Å². The summed E-state index contributed by atoms with van der Waals surface area (Å²) in [6.45, 7) is 3.80. The van der Waals surface area contributed by atoms with Crippen LogP contribution in [0.1, 0.15) is 63.9 Å². The highest BCUT2D eigenvalue weighted by Gasteiger charge is 2.48. The number of carbonyl (C=O) groups excluding carboxylic acids is 3. The van der Waals surface area contributed by atoms with Crippen LogP contribution in [0, 0.1) is 5.92 Å². The molecule has 0 bridgehead atoms. The van der Waals surface area contributed by atoms with Crippen LogP contribution in [0.4, 0.5) is 0 Å². The second-order valence-electron chi connectivity index (χ2n) is 12.1. The number of ether oxygens (including phenoxy) is 3. The third-order valence-electron chi connectivity index (χ3n) is 8.62. The number of amides is 1. The molecule has 0 aromatic heterocycles. The number of likely N-dealkylation sites (N-methyl/N-ethyl adjacent to an activating group) is 1. The number of carbonyl (C=O) groups is 3. The second-order valence-corrected chi connectivity index (χ2v) is 12.1. The Balaban J connectivity index is 1.37. The van der Waals surface area contributed by atoms with Crippen LogP contribution in [0.15, 0.2) is 66.7 Å². The highest BCUT2D eigenvalue weighted by atomic mass is 16.6. The fraction of sp³-hybridized carbons (Fsp3) is 0.528. The Hall–Kier alpha value is -3.49. The lowest BCUT2D eigenvalue weighted by Gasteiger charge is -2.38. The van der Waals surface area contributed by atoms with Gasteiger partial charge in [-0.1, -0.05) is 73.2 Å². The molecule has 1 saturated carbocycles. The zero-order valence-corrected chi connectivity index (χ0v) is 26.5. The van der Waals surface area contributed by atoms with Crippen molar-refractivity contribution >= 4 is 17.8 Å². The van der Waals surface area contributed by atoms with Gasteiger partial charge in [-0.3, -0.25) is 19.3 Å². The average Bonchev–Trinajstić information content (AvgIpc) is 3.37. The van der Waals surface area contributed by atoms with Gasteiger partial charge in [0.1, 0.15) is 6.10 Å². The minimum atomic E-state index is -0.375. The number of hydrogen-bond acceptors (Lipinski definition) is 7. The summed E-state index contributed by atoms with van der Waals surface area (Å²) in [5, 5.41) is 0. The second kappa shape index (κ2) is 17.1. The van der Waals surface area contributed by atoms with Gasteiger partial charge in [0.15, 0.2) is 6.61 Å². The zero-order chi connectivity index (χ0) is 31.3. The molecule has 1 amide bonds. The van der Waals surface area contributed by atoms with Gasteiger partial charge in [0.2, 0.25) is 0 Å². The number of benzene rings is 2. The molecule has 2 fully saturated rings. The third kappa shape index (κ3) is 10.0. The SMILES string of the molecule is CC(=O)O[C@@H]1C[C@H](OCc2ccc(-c3ccccc3)cc2)[C@H](CC/C=C\CCC(=O)OCC(=O)N(C)C)[C@H]1N1CCCCC1. The molecule has 44 heavy (non-hydrogen) atoms. The number of allylic oxidation sites excluding steroid dienone is 2. The van der Waals surface area contributed by atoms with Crippen molar-refractivity contribution in [3.8, 4) is 11.1 Å². The van der Waals surface area contributed by atoms with E-state index in [1.165, 1.54) is 29.4 Å². The molecule has 0 unspecified atom stereocenters. The lowest BCUT2D eigenvalue weighted by molar-refractivity contribution is -0.151. The molecule has 2 aliphatic rings. The van der Waals surface area contributed by atoms with Crippen molar-refractivity contribution in [2.75, 3.05) is 33.8 Å². The molecule has 2 aromatic rings. The maximum atomic E-state index is 12.1. The Morgan fingerprint density at radius 3 is 2.25 bits per heavy atom. The first kappa shape index (κ1) is 33.4. The molecule has 4 rings (SSSR count). The maximum absolute atomic E-state index is 12.1. The minimum absolute atomic E-state index is 0.0299. The molecular weight excluding hydrogens is 556 g/mol. The highest BCUT2D eigenvalue weighted by Crippen LogP contribution is 2.39. The summed E-state index contributed by atoms with van der Waals surface area (Å²) in [5.41, 5.74) is 3.48. The number of nitrogens with zero attached hydrogens (tertiary/aromatic N) is 2. The Labute approximate surface area is 262 Å². The van der Waals surface area contributed by atoms with E-state index in [0.29, 0.717) is 19.4 Å². The van der Waals surface area contributed by atoms with Crippen LogP contribution in [-0.4, -0.2) is 79.7 Å². The van der Waals surface area contributed by atoms with Crippen LogP contribution in [0.25, 0.3) is 11.1 Å². The molecule has 8 heteroatoms. The van der Waals surface area contributed by atoms with Gasteiger partial charge in [0.05, 0.1) is 18.8 Å². The van der Waals surface area contributed by atoms with Gasteiger partial charge in [-0.25, -0.2) is 0 Å². The van der Waals surface area contributed by atoms with Crippen LogP contribution >= 0.6 is 0 Å². The smallest absolute Gasteiger partial charge is 0.306 e. The molecule has 1 heterocycles. The van der Waals surface area contributed by atoms with Crippen molar-refractivity contribution in [2.45, 2.75) is 83.1 Å². The van der Waals surface area contributed by atoms with E-state index < -0.39 is 0 Å². The monoisotopic (exact) mass is 604 g/mol. The van der Waals surface area contributed by atoms with Crippen molar-refractivity contribution < 1.29 is 28.6 Å². The van der Waals surface area contributed by atoms with Crippen LogP contribution in [-0.2, 0) is 35.2 Å². The van der Waals surface area contributed by atoms with E-state index >= 15 is 0 Å². The minimum Gasteiger partial charge on any atom is -0.461 e. The topological polar surface area (TPSA) is 85.4 Å². The molecule has 0 spiro atoms. The fourth-order valence-corrected chi connectivity index (χ4v) is 6.34.